The first-order valence-electron chi connectivity index (χ1n) is 6.33. The average Bonchev–Trinajstić information content (AvgIpc) is 2.25. The normalized spacial score (nSPS) is 17.2. The molecule has 0 amide bonds. The number of nitrogens with one attached hydrogen (secondary N) is 2. The minimum Gasteiger partial charge on any atom is -0.481 e. The van der Waals surface area contributed by atoms with E-state index in [9.17, 15) is 4.79 Å². The van der Waals surface area contributed by atoms with Crippen LogP contribution in [0.15, 0.2) is 24.3 Å². The maximum atomic E-state index is 10.8. The van der Waals surface area contributed by atoms with E-state index >= 15 is 0 Å². The zero-order valence-corrected chi connectivity index (χ0v) is 10.7. The number of hydrogen-bond donors (Lipinski definition) is 3. The van der Waals surface area contributed by atoms with Gasteiger partial charge in [-0.1, -0.05) is 29.8 Å². The predicted octanol–water partition coefficient (Wildman–Crippen LogP) is 0.944. The molecule has 1 heterocycles. The summed E-state index contributed by atoms with van der Waals surface area (Å²) in [5.74, 6) is -0.737. The van der Waals surface area contributed by atoms with Crippen LogP contribution in [0.25, 0.3) is 0 Å². The van der Waals surface area contributed by atoms with E-state index in [4.69, 9.17) is 5.11 Å². The van der Waals surface area contributed by atoms with Gasteiger partial charge in [0.15, 0.2) is 0 Å². The number of hydrogen-bond acceptors (Lipinski definition) is 3. The van der Waals surface area contributed by atoms with Gasteiger partial charge in [-0.25, -0.2) is 0 Å². The zero-order chi connectivity index (χ0) is 13.0. The molecule has 1 saturated heterocycles. The molecule has 0 saturated carbocycles. The van der Waals surface area contributed by atoms with Gasteiger partial charge in [0.05, 0.1) is 12.0 Å². The van der Waals surface area contributed by atoms with Crippen molar-refractivity contribution < 1.29 is 9.90 Å². The molecule has 1 fully saturated rings. The summed E-state index contributed by atoms with van der Waals surface area (Å²) >= 11 is 0. The van der Waals surface area contributed by atoms with Crippen molar-refractivity contribution in [2.45, 2.75) is 25.3 Å². The fourth-order valence-electron chi connectivity index (χ4n) is 2.37. The van der Waals surface area contributed by atoms with Crippen LogP contribution < -0.4 is 10.6 Å². The number of rotatable bonds is 6. The lowest BCUT2D eigenvalue weighted by Gasteiger charge is -2.42. The van der Waals surface area contributed by atoms with Crippen LogP contribution in [0.1, 0.15) is 17.5 Å². The highest BCUT2D eigenvalue weighted by Crippen LogP contribution is 2.16. The van der Waals surface area contributed by atoms with Crippen LogP contribution in [-0.4, -0.2) is 36.2 Å². The fraction of sp³-hybridized carbons (Fsp3) is 0.500. The molecular formula is C14H20N2O2. The molecule has 0 radical (unpaired) electrons. The molecule has 1 aromatic rings. The lowest BCUT2D eigenvalue weighted by molar-refractivity contribution is -0.139. The van der Waals surface area contributed by atoms with Crippen molar-refractivity contribution in [3.63, 3.8) is 0 Å². The van der Waals surface area contributed by atoms with Gasteiger partial charge < -0.3 is 15.7 Å². The molecule has 0 unspecified atom stereocenters. The Balaban J connectivity index is 1.82. The van der Waals surface area contributed by atoms with Crippen molar-refractivity contribution >= 4 is 5.97 Å². The van der Waals surface area contributed by atoms with Gasteiger partial charge in [0.2, 0.25) is 0 Å². The molecule has 1 aliphatic rings. The summed E-state index contributed by atoms with van der Waals surface area (Å²) in [5, 5.41) is 15.4. The highest BCUT2D eigenvalue weighted by Gasteiger charge is 2.38. The van der Waals surface area contributed by atoms with Crippen LogP contribution in [-0.2, 0) is 11.2 Å². The molecule has 1 aromatic carbocycles. The highest BCUT2D eigenvalue weighted by molar-refractivity contribution is 5.68. The molecule has 0 aromatic heterocycles. The summed E-state index contributed by atoms with van der Waals surface area (Å²) in [5.41, 5.74) is 2.31. The van der Waals surface area contributed by atoms with Crippen molar-refractivity contribution in [3.8, 4) is 0 Å². The van der Waals surface area contributed by atoms with E-state index in [1.807, 2.05) is 0 Å². The summed E-state index contributed by atoms with van der Waals surface area (Å²) in [6.07, 6.45) is 1.12. The second-order valence-electron chi connectivity index (χ2n) is 5.12. The standard InChI is InChI=1S/C14H20N2O2/c1-11-3-2-4-12(7-11)5-6-16-14(8-13(17)18)9-15-10-14/h2-4,7,15-16H,5-6,8-10H2,1H3,(H,17,18). The topological polar surface area (TPSA) is 61.4 Å². The van der Waals surface area contributed by atoms with Crippen LogP contribution in [0.4, 0.5) is 0 Å². The molecule has 0 atom stereocenters. The predicted molar refractivity (Wildman–Crippen MR) is 70.7 cm³/mol. The Hall–Kier alpha value is -1.39. The fourth-order valence-corrected chi connectivity index (χ4v) is 2.37. The zero-order valence-electron chi connectivity index (χ0n) is 10.7. The van der Waals surface area contributed by atoms with Gasteiger partial charge in [0.25, 0.3) is 0 Å². The maximum Gasteiger partial charge on any atom is 0.305 e. The third-order valence-electron chi connectivity index (χ3n) is 3.41. The van der Waals surface area contributed by atoms with Gasteiger partial charge in [-0.2, -0.15) is 0 Å². The van der Waals surface area contributed by atoms with E-state index in [1.54, 1.807) is 0 Å². The Morgan fingerprint density at radius 3 is 2.83 bits per heavy atom. The molecule has 0 bridgehead atoms. The molecule has 3 N–H and O–H groups in total. The highest BCUT2D eigenvalue weighted by atomic mass is 16.4. The van der Waals surface area contributed by atoms with Crippen LogP contribution in [0, 0.1) is 6.92 Å². The van der Waals surface area contributed by atoms with Crippen LogP contribution in [0.2, 0.25) is 0 Å². The summed E-state index contributed by atoms with van der Waals surface area (Å²) in [6, 6.07) is 8.42. The first kappa shape index (κ1) is 13.1. The van der Waals surface area contributed by atoms with E-state index < -0.39 is 5.97 Å². The Morgan fingerprint density at radius 1 is 1.50 bits per heavy atom. The Kier molecular flexibility index (Phi) is 3.99. The van der Waals surface area contributed by atoms with E-state index in [1.165, 1.54) is 11.1 Å². The van der Waals surface area contributed by atoms with Gasteiger partial charge in [-0.15, -0.1) is 0 Å². The van der Waals surface area contributed by atoms with E-state index in [0.29, 0.717) is 0 Å². The van der Waals surface area contributed by atoms with Crippen LogP contribution in [0.3, 0.4) is 0 Å². The maximum absolute atomic E-state index is 10.8. The first-order chi connectivity index (χ1) is 8.60. The third kappa shape index (κ3) is 3.31. The Bertz CT molecular complexity index is 428. The summed E-state index contributed by atoms with van der Waals surface area (Å²) in [6.45, 7) is 4.39. The number of aryl methyl sites for hydroxylation is 1. The van der Waals surface area contributed by atoms with E-state index in [0.717, 1.165) is 26.1 Å². The number of benzene rings is 1. The van der Waals surface area contributed by atoms with Crippen LogP contribution >= 0.6 is 0 Å². The molecule has 4 heteroatoms. The lowest BCUT2D eigenvalue weighted by Crippen LogP contribution is -2.68. The number of aliphatic carboxylic acids is 1. The van der Waals surface area contributed by atoms with Gasteiger partial charge in [0.1, 0.15) is 0 Å². The minimum absolute atomic E-state index is 0.188. The third-order valence-corrected chi connectivity index (χ3v) is 3.41. The van der Waals surface area contributed by atoms with Gasteiger partial charge in [0, 0.05) is 13.1 Å². The van der Waals surface area contributed by atoms with Crippen molar-refractivity contribution in [1.29, 1.82) is 0 Å². The number of carboxylic acids is 1. The quantitative estimate of drug-likeness (QED) is 0.701. The SMILES string of the molecule is Cc1cccc(CCNC2(CC(=O)O)CNC2)c1. The largest absolute Gasteiger partial charge is 0.481 e. The van der Waals surface area contributed by atoms with E-state index in [-0.39, 0.29) is 12.0 Å². The van der Waals surface area contributed by atoms with Crippen molar-refractivity contribution in [1.82, 2.24) is 10.6 Å². The van der Waals surface area contributed by atoms with Gasteiger partial charge in [-0.3, -0.25) is 4.79 Å². The average molecular weight is 248 g/mol. The number of carbonyl (C=O) groups is 1. The molecule has 98 valence electrons. The molecule has 0 aliphatic carbocycles. The second kappa shape index (κ2) is 5.50. The van der Waals surface area contributed by atoms with Crippen molar-refractivity contribution in [3.05, 3.63) is 35.4 Å². The molecule has 2 rings (SSSR count). The molecule has 0 spiro atoms. The lowest BCUT2D eigenvalue weighted by atomic mass is 9.88. The summed E-state index contributed by atoms with van der Waals surface area (Å²) in [4.78, 5) is 10.8. The van der Waals surface area contributed by atoms with Crippen molar-refractivity contribution in [2.75, 3.05) is 19.6 Å². The Labute approximate surface area is 107 Å². The first-order valence-corrected chi connectivity index (χ1v) is 6.33. The van der Waals surface area contributed by atoms with Gasteiger partial charge >= 0.3 is 5.97 Å². The summed E-state index contributed by atoms with van der Waals surface area (Å²) < 4.78 is 0. The molecular weight excluding hydrogens is 228 g/mol. The minimum atomic E-state index is -0.737. The number of carboxylic acid groups (broad SMARTS) is 1. The van der Waals surface area contributed by atoms with E-state index in [2.05, 4.69) is 41.8 Å². The molecule has 1 aliphatic heterocycles. The van der Waals surface area contributed by atoms with Crippen molar-refractivity contribution in [2.24, 2.45) is 0 Å². The van der Waals surface area contributed by atoms with Crippen LogP contribution in [0.5, 0.6) is 0 Å². The molecule has 18 heavy (non-hydrogen) atoms. The monoisotopic (exact) mass is 248 g/mol. The van der Waals surface area contributed by atoms with Gasteiger partial charge in [-0.05, 0) is 25.5 Å². The second-order valence-corrected chi connectivity index (χ2v) is 5.12. The summed E-state index contributed by atoms with van der Waals surface area (Å²) in [7, 11) is 0. The molecule has 4 nitrogen and oxygen atoms in total. The Morgan fingerprint density at radius 2 is 2.28 bits per heavy atom. The smallest absolute Gasteiger partial charge is 0.305 e.